The van der Waals surface area contributed by atoms with Crippen LogP contribution in [0.5, 0.6) is 0 Å². The van der Waals surface area contributed by atoms with E-state index >= 15 is 8.78 Å². The van der Waals surface area contributed by atoms with Gasteiger partial charge in [-0.25, -0.2) is 18.0 Å². The second-order valence-corrected chi connectivity index (χ2v) is 13.2. The number of aryl methyl sites for hydroxylation is 1. The average Bonchev–Trinajstić information content (AvgIpc) is 3.09. The third kappa shape index (κ3) is 10.3. The molecule has 260 valence electrons. The summed E-state index contributed by atoms with van der Waals surface area (Å²) in [5.41, 5.74) is 3.98. The minimum Gasteiger partial charge on any atom is -0.462 e. The van der Waals surface area contributed by atoms with Crippen molar-refractivity contribution in [2.24, 2.45) is 0 Å². The molecule has 0 amide bonds. The molecule has 7 heteroatoms. The number of benzene rings is 3. The molecule has 1 atom stereocenters. The molecule has 3 aromatic rings. The predicted molar refractivity (Wildman–Crippen MR) is 186 cm³/mol. The van der Waals surface area contributed by atoms with Crippen molar-refractivity contribution in [1.82, 2.24) is 0 Å². The highest BCUT2D eigenvalue weighted by molar-refractivity contribution is 5.87. The SMILES string of the molecule is C=C(CO)C(=O)OCCCC(CCCOC)c1ccc(C2CCC(c3c(F)cc(-c4ccc(CCCCC)cc4F)cc3F)CC2)cc1. The van der Waals surface area contributed by atoms with Crippen LogP contribution in [0.3, 0.4) is 0 Å². The molecule has 0 heterocycles. The number of aliphatic hydroxyl groups is 1. The van der Waals surface area contributed by atoms with Crippen LogP contribution in [-0.2, 0) is 20.7 Å². The summed E-state index contributed by atoms with van der Waals surface area (Å²) in [5.74, 6) is -1.82. The highest BCUT2D eigenvalue weighted by Crippen LogP contribution is 2.43. The molecule has 48 heavy (non-hydrogen) atoms. The van der Waals surface area contributed by atoms with Crippen molar-refractivity contribution in [2.45, 2.75) is 102 Å². The topological polar surface area (TPSA) is 55.8 Å². The van der Waals surface area contributed by atoms with Crippen molar-refractivity contribution in [1.29, 1.82) is 0 Å². The third-order valence-corrected chi connectivity index (χ3v) is 9.82. The molecule has 1 unspecified atom stereocenters. The van der Waals surface area contributed by atoms with E-state index in [9.17, 15) is 9.18 Å². The van der Waals surface area contributed by atoms with E-state index < -0.39 is 30.0 Å². The Labute approximate surface area is 284 Å². The average molecular weight is 665 g/mol. The Hall–Kier alpha value is -3.42. The normalized spacial score (nSPS) is 16.9. The molecule has 3 aromatic carbocycles. The minimum absolute atomic E-state index is 0.0514. The van der Waals surface area contributed by atoms with Crippen molar-refractivity contribution in [3.63, 3.8) is 0 Å². The molecule has 1 N–H and O–H groups in total. The van der Waals surface area contributed by atoms with E-state index in [4.69, 9.17) is 14.6 Å². The monoisotopic (exact) mass is 664 g/mol. The van der Waals surface area contributed by atoms with Crippen LogP contribution in [-0.4, -0.2) is 38.0 Å². The molecule has 1 fully saturated rings. The number of hydrogen-bond donors (Lipinski definition) is 1. The number of rotatable bonds is 18. The van der Waals surface area contributed by atoms with Gasteiger partial charge in [-0.15, -0.1) is 0 Å². The van der Waals surface area contributed by atoms with Gasteiger partial charge >= 0.3 is 5.97 Å². The first-order chi connectivity index (χ1) is 23.2. The Balaban J connectivity index is 1.35. The van der Waals surface area contributed by atoms with Crippen molar-refractivity contribution < 1.29 is 32.5 Å². The van der Waals surface area contributed by atoms with Gasteiger partial charge in [-0.05, 0) is 122 Å². The number of aliphatic hydroxyl groups excluding tert-OH is 1. The summed E-state index contributed by atoms with van der Waals surface area (Å²) >= 11 is 0. The molecule has 0 radical (unpaired) electrons. The molecule has 1 aliphatic carbocycles. The summed E-state index contributed by atoms with van der Waals surface area (Å²) in [6.07, 6.45) is 10.4. The molecule has 1 aliphatic rings. The van der Waals surface area contributed by atoms with Crippen LogP contribution in [0.2, 0.25) is 0 Å². The summed E-state index contributed by atoms with van der Waals surface area (Å²) in [7, 11) is 1.69. The molecule has 4 rings (SSSR count). The first kappa shape index (κ1) is 37.4. The molecule has 0 bridgehead atoms. The lowest BCUT2D eigenvalue weighted by Gasteiger charge is -2.30. The Kier molecular flexibility index (Phi) is 14.8. The van der Waals surface area contributed by atoms with E-state index in [1.54, 1.807) is 13.2 Å². The zero-order valence-electron chi connectivity index (χ0n) is 28.5. The number of hydrogen-bond acceptors (Lipinski definition) is 4. The summed E-state index contributed by atoms with van der Waals surface area (Å²) in [6.45, 7) is 6.16. The van der Waals surface area contributed by atoms with Gasteiger partial charge in [0.1, 0.15) is 17.5 Å². The summed E-state index contributed by atoms with van der Waals surface area (Å²) in [4.78, 5) is 11.8. The lowest BCUT2D eigenvalue weighted by molar-refractivity contribution is -0.139. The number of ether oxygens (including phenoxy) is 2. The molecular weight excluding hydrogens is 613 g/mol. The van der Waals surface area contributed by atoms with Crippen LogP contribution < -0.4 is 0 Å². The fraction of sp³-hybridized carbons (Fsp3) is 0.488. The van der Waals surface area contributed by atoms with E-state index in [0.717, 1.165) is 63.4 Å². The fourth-order valence-corrected chi connectivity index (χ4v) is 7.03. The Morgan fingerprint density at radius 3 is 2.10 bits per heavy atom. The molecule has 0 spiro atoms. The summed E-state index contributed by atoms with van der Waals surface area (Å²) < 4.78 is 56.3. The quantitative estimate of drug-likeness (QED) is 0.0835. The van der Waals surface area contributed by atoms with Crippen LogP contribution >= 0.6 is 0 Å². The van der Waals surface area contributed by atoms with Gasteiger partial charge in [-0.3, -0.25) is 0 Å². The van der Waals surface area contributed by atoms with Crippen LogP contribution in [0.25, 0.3) is 11.1 Å². The Bertz CT molecular complexity index is 1450. The Morgan fingerprint density at radius 1 is 0.854 bits per heavy atom. The number of methoxy groups -OCH3 is 1. The second-order valence-electron chi connectivity index (χ2n) is 13.2. The van der Waals surface area contributed by atoms with E-state index in [1.165, 1.54) is 29.3 Å². The number of carbonyl (C=O) groups is 1. The van der Waals surface area contributed by atoms with Gasteiger partial charge in [-0.2, -0.15) is 0 Å². The second kappa shape index (κ2) is 18.9. The zero-order valence-corrected chi connectivity index (χ0v) is 28.5. The van der Waals surface area contributed by atoms with Crippen molar-refractivity contribution in [3.8, 4) is 11.1 Å². The van der Waals surface area contributed by atoms with E-state index in [0.29, 0.717) is 31.8 Å². The van der Waals surface area contributed by atoms with Gasteiger partial charge in [0.05, 0.1) is 18.8 Å². The van der Waals surface area contributed by atoms with E-state index in [1.807, 2.05) is 6.07 Å². The zero-order chi connectivity index (χ0) is 34.5. The maximum absolute atomic E-state index is 15.4. The van der Waals surface area contributed by atoms with Crippen LogP contribution in [0, 0.1) is 17.5 Å². The van der Waals surface area contributed by atoms with Crippen LogP contribution in [0.1, 0.15) is 118 Å². The maximum Gasteiger partial charge on any atom is 0.335 e. The van der Waals surface area contributed by atoms with Gasteiger partial charge in [0.2, 0.25) is 0 Å². The largest absolute Gasteiger partial charge is 0.462 e. The predicted octanol–water partition coefficient (Wildman–Crippen LogP) is 10.3. The third-order valence-electron chi connectivity index (χ3n) is 9.82. The minimum atomic E-state index is -0.600. The number of halogens is 3. The molecule has 1 saturated carbocycles. The lowest BCUT2D eigenvalue weighted by Crippen LogP contribution is -2.15. The highest BCUT2D eigenvalue weighted by Gasteiger charge is 2.28. The van der Waals surface area contributed by atoms with Crippen molar-refractivity contribution >= 4 is 5.97 Å². The molecular formula is C41H51F3O4. The number of esters is 1. The van der Waals surface area contributed by atoms with E-state index in [-0.39, 0.29) is 40.7 Å². The van der Waals surface area contributed by atoms with Crippen molar-refractivity contribution in [2.75, 3.05) is 26.9 Å². The number of unbranched alkanes of at least 4 members (excludes halogenated alkanes) is 2. The fourth-order valence-electron chi connectivity index (χ4n) is 7.03. The Morgan fingerprint density at radius 2 is 1.50 bits per heavy atom. The van der Waals surface area contributed by atoms with Gasteiger partial charge in [0.15, 0.2) is 0 Å². The smallest absolute Gasteiger partial charge is 0.335 e. The first-order valence-electron chi connectivity index (χ1n) is 17.6. The number of carbonyl (C=O) groups excluding carboxylic acids is 1. The molecule has 4 nitrogen and oxygen atoms in total. The van der Waals surface area contributed by atoms with Crippen molar-refractivity contribution in [3.05, 3.63) is 106 Å². The van der Waals surface area contributed by atoms with Gasteiger partial charge in [0, 0.05) is 24.8 Å². The highest BCUT2D eigenvalue weighted by atomic mass is 19.1. The standard InChI is InChI=1S/C41H51F3O4/c1-4-5-6-9-29-12-21-36(37(42)24-29)35-25-38(43)40(39(44)26-35)34-19-17-33(18-20-34)32-15-13-31(14-16-32)30(10-7-22-47-3)11-8-23-48-41(46)28(2)27-45/h12-16,21,24-26,30,33-34,45H,2,4-11,17-20,22-23,27H2,1,3H3. The van der Waals surface area contributed by atoms with E-state index in [2.05, 4.69) is 37.8 Å². The summed E-state index contributed by atoms with van der Waals surface area (Å²) in [5, 5.41) is 9.05. The van der Waals surface area contributed by atoms with Gasteiger partial charge in [-0.1, -0.05) is 62.7 Å². The molecule has 0 aliphatic heterocycles. The maximum atomic E-state index is 15.4. The van der Waals surface area contributed by atoms with Crippen LogP contribution in [0.4, 0.5) is 13.2 Å². The first-order valence-corrected chi connectivity index (χ1v) is 17.6. The summed E-state index contributed by atoms with van der Waals surface area (Å²) in [6, 6.07) is 16.3. The van der Waals surface area contributed by atoms with Gasteiger partial charge < -0.3 is 14.6 Å². The van der Waals surface area contributed by atoms with Crippen LogP contribution in [0.15, 0.2) is 66.7 Å². The molecule has 0 saturated heterocycles. The molecule has 0 aromatic heterocycles. The van der Waals surface area contributed by atoms with Gasteiger partial charge in [0.25, 0.3) is 0 Å². The lowest BCUT2D eigenvalue weighted by atomic mass is 9.75.